The molecule has 0 atom stereocenters. The number of rotatable bonds is 1. The van der Waals surface area contributed by atoms with Crippen LogP contribution in [0, 0.1) is 9.90 Å². The van der Waals surface area contributed by atoms with Gasteiger partial charge in [0.15, 0.2) is 0 Å². The fourth-order valence-electron chi connectivity index (χ4n) is 0.646. The summed E-state index contributed by atoms with van der Waals surface area (Å²) in [6, 6.07) is 0. The van der Waals surface area contributed by atoms with Crippen molar-refractivity contribution in [2.75, 3.05) is 0 Å². The van der Waals surface area contributed by atoms with Crippen LogP contribution in [0.3, 0.4) is 0 Å². The Morgan fingerprint density at radius 2 is 2.44 bits per heavy atom. The molecule has 0 aliphatic rings. The molecular formula is C6H8IN2. The van der Waals surface area contributed by atoms with E-state index in [9.17, 15) is 0 Å². The highest BCUT2D eigenvalue weighted by atomic mass is 127. The van der Waals surface area contributed by atoms with Gasteiger partial charge in [0.1, 0.15) is 9.90 Å². The first-order valence-electron chi connectivity index (χ1n) is 2.84. The summed E-state index contributed by atoms with van der Waals surface area (Å²) >= 11 is 2.27. The van der Waals surface area contributed by atoms with Gasteiger partial charge in [-0.1, -0.05) is 6.92 Å². The van der Waals surface area contributed by atoms with E-state index in [1.807, 2.05) is 11.7 Å². The van der Waals surface area contributed by atoms with Gasteiger partial charge >= 0.3 is 0 Å². The van der Waals surface area contributed by atoms with Crippen LogP contribution in [-0.4, -0.2) is 9.78 Å². The van der Waals surface area contributed by atoms with Crippen LogP contribution in [0.25, 0.3) is 0 Å². The van der Waals surface area contributed by atoms with Crippen LogP contribution in [-0.2, 0) is 13.5 Å². The van der Waals surface area contributed by atoms with Gasteiger partial charge in [-0.25, -0.2) is 0 Å². The minimum absolute atomic E-state index is 1.02. The standard InChI is InChI=1S/C6H8IN2/c1-3-5-4-8-9(2)6(5)7/h3H2,1-2H3. The molecule has 0 fully saturated rings. The molecule has 1 aromatic rings. The molecule has 49 valence electrons. The smallest absolute Gasteiger partial charge is 0.117 e. The SMILES string of the molecule is CCc1[c]nn(C)c1I. The number of aromatic nitrogens is 2. The lowest BCUT2D eigenvalue weighted by atomic mass is 10.3. The Morgan fingerprint density at radius 3 is 2.67 bits per heavy atom. The van der Waals surface area contributed by atoms with Crippen molar-refractivity contribution in [1.29, 1.82) is 0 Å². The van der Waals surface area contributed by atoms with Crippen LogP contribution >= 0.6 is 22.6 Å². The van der Waals surface area contributed by atoms with Crippen molar-refractivity contribution >= 4 is 22.6 Å². The molecule has 0 spiro atoms. The average molecular weight is 235 g/mol. The summed E-state index contributed by atoms with van der Waals surface area (Å²) < 4.78 is 3.02. The molecule has 0 aliphatic heterocycles. The zero-order chi connectivity index (χ0) is 6.85. The van der Waals surface area contributed by atoms with Crippen LogP contribution in [0.4, 0.5) is 0 Å². The summed E-state index contributed by atoms with van der Waals surface area (Å²) in [7, 11) is 1.93. The van der Waals surface area contributed by atoms with E-state index < -0.39 is 0 Å². The van der Waals surface area contributed by atoms with Crippen molar-refractivity contribution < 1.29 is 0 Å². The van der Waals surface area contributed by atoms with Crippen molar-refractivity contribution in [1.82, 2.24) is 9.78 Å². The highest BCUT2D eigenvalue weighted by Crippen LogP contribution is 2.09. The molecule has 0 aromatic carbocycles. The molecule has 1 heterocycles. The van der Waals surface area contributed by atoms with E-state index >= 15 is 0 Å². The molecule has 0 N–H and O–H groups in total. The number of halogens is 1. The zero-order valence-electron chi connectivity index (χ0n) is 5.48. The van der Waals surface area contributed by atoms with Crippen LogP contribution in [0.2, 0.25) is 0 Å². The Morgan fingerprint density at radius 1 is 1.78 bits per heavy atom. The van der Waals surface area contributed by atoms with E-state index in [2.05, 4.69) is 40.8 Å². The van der Waals surface area contributed by atoms with Crippen molar-refractivity contribution in [3.63, 3.8) is 0 Å². The van der Waals surface area contributed by atoms with Crippen LogP contribution in [0.5, 0.6) is 0 Å². The van der Waals surface area contributed by atoms with Gasteiger partial charge in [0.2, 0.25) is 0 Å². The summed E-state index contributed by atoms with van der Waals surface area (Å²) in [6.45, 7) is 2.11. The minimum atomic E-state index is 1.02. The van der Waals surface area contributed by atoms with Gasteiger partial charge < -0.3 is 0 Å². The van der Waals surface area contributed by atoms with Crippen LogP contribution < -0.4 is 0 Å². The maximum Gasteiger partial charge on any atom is 0.117 e. The highest BCUT2D eigenvalue weighted by Gasteiger charge is 2.01. The Labute approximate surface area is 68.4 Å². The number of nitrogens with zero attached hydrogens (tertiary/aromatic N) is 2. The Balaban J connectivity index is 3.04. The van der Waals surface area contributed by atoms with Crippen LogP contribution in [0.15, 0.2) is 0 Å². The van der Waals surface area contributed by atoms with Crippen molar-refractivity contribution in [2.24, 2.45) is 7.05 Å². The lowest BCUT2D eigenvalue weighted by Gasteiger charge is -1.91. The first-order chi connectivity index (χ1) is 4.25. The molecule has 1 rings (SSSR count). The molecule has 1 radical (unpaired) electrons. The summed E-state index contributed by atoms with van der Waals surface area (Å²) in [4.78, 5) is 0. The maximum atomic E-state index is 3.97. The van der Waals surface area contributed by atoms with Gasteiger partial charge in [-0.3, -0.25) is 4.68 Å². The number of hydrogen-bond acceptors (Lipinski definition) is 1. The minimum Gasteiger partial charge on any atom is -0.261 e. The van der Waals surface area contributed by atoms with Crippen molar-refractivity contribution in [3.8, 4) is 0 Å². The van der Waals surface area contributed by atoms with Gasteiger partial charge in [-0.15, -0.1) is 0 Å². The Kier molecular flexibility index (Phi) is 2.10. The number of hydrogen-bond donors (Lipinski definition) is 0. The van der Waals surface area contributed by atoms with E-state index in [-0.39, 0.29) is 0 Å². The summed E-state index contributed by atoms with van der Waals surface area (Å²) in [5.74, 6) is 0. The van der Waals surface area contributed by atoms with Crippen molar-refractivity contribution in [3.05, 3.63) is 15.5 Å². The predicted molar refractivity (Wildman–Crippen MR) is 44.1 cm³/mol. The summed E-state index contributed by atoms with van der Waals surface area (Å²) in [6.07, 6.45) is 3.95. The maximum absolute atomic E-state index is 3.97. The molecular weight excluding hydrogens is 227 g/mol. The van der Waals surface area contributed by atoms with Crippen LogP contribution in [0.1, 0.15) is 12.5 Å². The molecule has 0 saturated heterocycles. The zero-order valence-corrected chi connectivity index (χ0v) is 7.64. The Bertz CT molecular complexity index is 205. The molecule has 0 aliphatic carbocycles. The third-order valence-corrected chi connectivity index (χ3v) is 2.57. The fourth-order valence-corrected chi connectivity index (χ4v) is 1.26. The normalized spacial score (nSPS) is 10.1. The monoisotopic (exact) mass is 235 g/mol. The lowest BCUT2D eigenvalue weighted by molar-refractivity contribution is 0.744. The van der Waals surface area contributed by atoms with E-state index in [0.29, 0.717) is 0 Å². The van der Waals surface area contributed by atoms with E-state index in [1.54, 1.807) is 0 Å². The van der Waals surface area contributed by atoms with Gasteiger partial charge in [-0.05, 0) is 29.0 Å². The first-order valence-corrected chi connectivity index (χ1v) is 3.92. The molecule has 3 heteroatoms. The fraction of sp³-hybridized carbons (Fsp3) is 0.500. The van der Waals surface area contributed by atoms with Gasteiger partial charge in [0.05, 0.1) is 0 Å². The molecule has 0 unspecified atom stereocenters. The molecule has 1 aromatic heterocycles. The topological polar surface area (TPSA) is 17.8 Å². The quantitative estimate of drug-likeness (QED) is 0.672. The molecule has 0 saturated carbocycles. The molecule has 0 amide bonds. The van der Waals surface area contributed by atoms with E-state index in [4.69, 9.17) is 0 Å². The average Bonchev–Trinajstić information content (AvgIpc) is 2.15. The molecule has 2 nitrogen and oxygen atoms in total. The van der Waals surface area contributed by atoms with Gasteiger partial charge in [-0.2, -0.15) is 5.10 Å². The second-order valence-electron chi connectivity index (χ2n) is 1.86. The predicted octanol–water partition coefficient (Wildman–Crippen LogP) is 1.39. The second kappa shape index (κ2) is 2.68. The summed E-state index contributed by atoms with van der Waals surface area (Å²) in [5.41, 5.74) is 1.21. The largest absolute Gasteiger partial charge is 0.261 e. The second-order valence-corrected chi connectivity index (χ2v) is 2.88. The third-order valence-electron chi connectivity index (χ3n) is 1.22. The highest BCUT2D eigenvalue weighted by molar-refractivity contribution is 14.1. The number of aryl methyl sites for hydroxylation is 2. The third kappa shape index (κ3) is 1.26. The molecule has 0 bridgehead atoms. The first kappa shape index (κ1) is 7.05. The van der Waals surface area contributed by atoms with Crippen molar-refractivity contribution in [2.45, 2.75) is 13.3 Å². The Hall–Kier alpha value is -0.0600. The van der Waals surface area contributed by atoms with Gasteiger partial charge in [0.25, 0.3) is 0 Å². The molecule has 9 heavy (non-hydrogen) atoms. The van der Waals surface area contributed by atoms with E-state index in [1.165, 1.54) is 9.26 Å². The van der Waals surface area contributed by atoms with Gasteiger partial charge in [0, 0.05) is 12.6 Å². The summed E-state index contributed by atoms with van der Waals surface area (Å²) in [5, 5.41) is 3.97. The lowest BCUT2D eigenvalue weighted by Crippen LogP contribution is -1.92. The van der Waals surface area contributed by atoms with E-state index in [0.717, 1.165) is 6.42 Å².